The summed E-state index contributed by atoms with van der Waals surface area (Å²) in [5, 5.41) is 3.47. The molecule has 1 aliphatic heterocycles. The molecule has 0 bridgehead atoms. The van der Waals surface area contributed by atoms with Gasteiger partial charge in [0.05, 0.1) is 12.2 Å². The first-order valence-corrected chi connectivity index (χ1v) is 6.72. The van der Waals surface area contributed by atoms with Crippen LogP contribution in [0.3, 0.4) is 0 Å². The summed E-state index contributed by atoms with van der Waals surface area (Å²) in [4.78, 5) is 16.5. The van der Waals surface area contributed by atoms with E-state index in [0.717, 1.165) is 25.9 Å². The molecule has 1 rings (SSSR count). The van der Waals surface area contributed by atoms with E-state index in [1.54, 1.807) is 0 Å². The highest BCUT2D eigenvalue weighted by atomic mass is 16.2. The number of nitrogens with zero attached hydrogens (tertiary/aromatic N) is 2. The second kappa shape index (κ2) is 6.36. The van der Waals surface area contributed by atoms with Crippen LogP contribution in [0.5, 0.6) is 0 Å². The quantitative estimate of drug-likeness (QED) is 0.757. The third kappa shape index (κ3) is 3.42. The lowest BCUT2D eigenvalue weighted by Gasteiger charge is -2.24. The van der Waals surface area contributed by atoms with Crippen LogP contribution >= 0.6 is 0 Å². The van der Waals surface area contributed by atoms with Crippen molar-refractivity contribution in [1.82, 2.24) is 15.1 Å². The summed E-state index contributed by atoms with van der Waals surface area (Å²) in [5.41, 5.74) is 0. The lowest BCUT2D eigenvalue weighted by Crippen LogP contribution is -2.40. The van der Waals surface area contributed by atoms with Crippen molar-refractivity contribution in [2.45, 2.75) is 45.8 Å². The fourth-order valence-electron chi connectivity index (χ4n) is 2.26. The van der Waals surface area contributed by atoms with E-state index in [4.69, 9.17) is 0 Å². The first kappa shape index (κ1) is 14.5. The molecule has 0 aromatic carbocycles. The number of likely N-dealkylation sites (N-methyl/N-ethyl adjacent to an activating group) is 1. The third-order valence-electron chi connectivity index (χ3n) is 3.69. The molecule has 3 unspecified atom stereocenters. The van der Waals surface area contributed by atoms with E-state index in [1.165, 1.54) is 0 Å². The van der Waals surface area contributed by atoms with Gasteiger partial charge in [0.25, 0.3) is 0 Å². The van der Waals surface area contributed by atoms with Crippen molar-refractivity contribution in [3.8, 4) is 0 Å². The van der Waals surface area contributed by atoms with Crippen molar-refractivity contribution in [3.05, 3.63) is 0 Å². The molecule has 0 aliphatic carbocycles. The van der Waals surface area contributed by atoms with Gasteiger partial charge in [0.15, 0.2) is 0 Å². The lowest BCUT2D eigenvalue weighted by molar-refractivity contribution is -0.131. The summed E-state index contributed by atoms with van der Waals surface area (Å²) < 4.78 is 0. The van der Waals surface area contributed by atoms with E-state index < -0.39 is 0 Å². The Morgan fingerprint density at radius 1 is 1.41 bits per heavy atom. The lowest BCUT2D eigenvalue weighted by atomic mass is 9.99. The van der Waals surface area contributed by atoms with Crippen LogP contribution in [0.25, 0.3) is 0 Å². The molecule has 1 heterocycles. The van der Waals surface area contributed by atoms with Crippen LogP contribution in [0.1, 0.15) is 33.6 Å². The van der Waals surface area contributed by atoms with Gasteiger partial charge in [-0.05, 0) is 26.4 Å². The Bertz CT molecular complexity index is 255. The van der Waals surface area contributed by atoms with Gasteiger partial charge in [0, 0.05) is 13.1 Å². The van der Waals surface area contributed by atoms with Crippen molar-refractivity contribution >= 4 is 5.91 Å². The second-order valence-electron chi connectivity index (χ2n) is 5.29. The summed E-state index contributed by atoms with van der Waals surface area (Å²) in [6, 6.07) is 0.0205. The summed E-state index contributed by atoms with van der Waals surface area (Å²) >= 11 is 0. The average Bonchev–Trinajstić information content (AvgIpc) is 2.62. The Morgan fingerprint density at radius 3 is 2.53 bits per heavy atom. The largest absolute Gasteiger partial charge is 0.325 e. The molecule has 17 heavy (non-hydrogen) atoms. The van der Waals surface area contributed by atoms with Gasteiger partial charge in [-0.2, -0.15) is 0 Å². The van der Waals surface area contributed by atoms with E-state index in [1.807, 2.05) is 19.0 Å². The fraction of sp³-hybridized carbons (Fsp3) is 0.923. The Morgan fingerprint density at radius 2 is 2.06 bits per heavy atom. The highest BCUT2D eigenvalue weighted by Gasteiger charge is 2.39. The first-order chi connectivity index (χ1) is 8.01. The zero-order valence-electron chi connectivity index (χ0n) is 11.9. The Balaban J connectivity index is 2.65. The van der Waals surface area contributed by atoms with Crippen LogP contribution in [0, 0.1) is 5.92 Å². The SMILES string of the molecule is CCC(C)C1NC(CC)N(CCN(C)C)C1=O. The average molecular weight is 241 g/mol. The molecule has 0 saturated carbocycles. The Hall–Kier alpha value is -0.610. The molecule has 0 radical (unpaired) electrons. The molecule has 1 saturated heterocycles. The molecular formula is C13H27N3O. The monoisotopic (exact) mass is 241 g/mol. The van der Waals surface area contributed by atoms with Gasteiger partial charge < -0.3 is 9.80 Å². The molecule has 0 aromatic rings. The maximum Gasteiger partial charge on any atom is 0.241 e. The van der Waals surface area contributed by atoms with Crippen LogP contribution in [0.2, 0.25) is 0 Å². The molecule has 3 atom stereocenters. The summed E-state index contributed by atoms with van der Waals surface area (Å²) in [6.45, 7) is 8.18. The topological polar surface area (TPSA) is 35.6 Å². The fourth-order valence-corrected chi connectivity index (χ4v) is 2.26. The van der Waals surface area contributed by atoms with E-state index >= 15 is 0 Å². The summed E-state index contributed by atoms with van der Waals surface area (Å²) in [7, 11) is 4.09. The molecule has 1 amide bonds. The van der Waals surface area contributed by atoms with E-state index in [2.05, 4.69) is 31.0 Å². The molecule has 0 spiro atoms. The maximum atomic E-state index is 12.3. The minimum Gasteiger partial charge on any atom is -0.325 e. The highest BCUT2D eigenvalue weighted by molar-refractivity contribution is 5.84. The molecule has 1 aliphatic rings. The maximum absolute atomic E-state index is 12.3. The van der Waals surface area contributed by atoms with Crippen molar-refractivity contribution in [2.24, 2.45) is 5.92 Å². The second-order valence-corrected chi connectivity index (χ2v) is 5.29. The standard InChI is InChI=1S/C13H27N3O/c1-6-10(3)12-13(17)16(9-8-15(4)5)11(7-2)14-12/h10-12,14H,6-9H2,1-5H3. The number of carbonyl (C=O) groups excluding carboxylic acids is 1. The molecular weight excluding hydrogens is 214 g/mol. The minimum absolute atomic E-state index is 0.0205. The van der Waals surface area contributed by atoms with Crippen LogP contribution in [-0.2, 0) is 4.79 Å². The third-order valence-corrected chi connectivity index (χ3v) is 3.69. The number of rotatable bonds is 6. The van der Waals surface area contributed by atoms with E-state index in [-0.39, 0.29) is 18.1 Å². The molecule has 4 heteroatoms. The van der Waals surface area contributed by atoms with Crippen LogP contribution < -0.4 is 5.32 Å². The van der Waals surface area contributed by atoms with Crippen molar-refractivity contribution < 1.29 is 4.79 Å². The molecule has 1 fully saturated rings. The number of hydrogen-bond acceptors (Lipinski definition) is 3. The summed E-state index contributed by atoms with van der Waals surface area (Å²) in [6.07, 6.45) is 2.24. The van der Waals surface area contributed by atoms with Crippen molar-refractivity contribution in [1.29, 1.82) is 0 Å². The van der Waals surface area contributed by atoms with Gasteiger partial charge in [-0.15, -0.1) is 0 Å². The van der Waals surface area contributed by atoms with E-state index in [0.29, 0.717) is 5.92 Å². The molecule has 0 aromatic heterocycles. The van der Waals surface area contributed by atoms with Gasteiger partial charge >= 0.3 is 0 Å². The van der Waals surface area contributed by atoms with Gasteiger partial charge in [-0.3, -0.25) is 10.1 Å². The van der Waals surface area contributed by atoms with Crippen LogP contribution in [0.15, 0.2) is 0 Å². The Kier molecular flexibility index (Phi) is 5.40. The number of hydrogen-bond donors (Lipinski definition) is 1. The van der Waals surface area contributed by atoms with Gasteiger partial charge in [-0.25, -0.2) is 0 Å². The zero-order chi connectivity index (χ0) is 13.0. The summed E-state index contributed by atoms with van der Waals surface area (Å²) in [5.74, 6) is 0.703. The molecule has 1 N–H and O–H groups in total. The first-order valence-electron chi connectivity index (χ1n) is 6.72. The van der Waals surface area contributed by atoms with Crippen molar-refractivity contribution in [3.63, 3.8) is 0 Å². The smallest absolute Gasteiger partial charge is 0.241 e. The predicted octanol–water partition coefficient (Wildman–Crippen LogP) is 1.13. The van der Waals surface area contributed by atoms with E-state index in [9.17, 15) is 4.79 Å². The van der Waals surface area contributed by atoms with Gasteiger partial charge in [0.2, 0.25) is 5.91 Å². The normalized spacial score (nSPS) is 26.9. The number of carbonyl (C=O) groups is 1. The highest BCUT2D eigenvalue weighted by Crippen LogP contribution is 2.20. The number of amides is 1. The Labute approximate surface area is 105 Å². The van der Waals surface area contributed by atoms with Gasteiger partial charge in [-0.1, -0.05) is 27.2 Å². The van der Waals surface area contributed by atoms with Crippen LogP contribution in [-0.4, -0.2) is 55.1 Å². The van der Waals surface area contributed by atoms with Gasteiger partial charge in [0.1, 0.15) is 0 Å². The predicted molar refractivity (Wildman–Crippen MR) is 70.7 cm³/mol. The van der Waals surface area contributed by atoms with Crippen molar-refractivity contribution in [2.75, 3.05) is 27.2 Å². The molecule has 4 nitrogen and oxygen atoms in total. The minimum atomic E-state index is 0.0205. The zero-order valence-corrected chi connectivity index (χ0v) is 11.9. The number of nitrogens with one attached hydrogen (secondary N) is 1. The molecule has 100 valence electrons. The van der Waals surface area contributed by atoms with Crippen LogP contribution in [0.4, 0.5) is 0 Å².